The van der Waals surface area contributed by atoms with Crippen molar-refractivity contribution in [2.45, 2.75) is 24.6 Å². The summed E-state index contributed by atoms with van der Waals surface area (Å²) >= 11 is 1.57. The van der Waals surface area contributed by atoms with Gasteiger partial charge in [0.2, 0.25) is 0 Å². The van der Waals surface area contributed by atoms with Gasteiger partial charge in [-0.1, -0.05) is 61.5 Å². The van der Waals surface area contributed by atoms with Crippen LogP contribution in [-0.4, -0.2) is 22.9 Å². The van der Waals surface area contributed by atoms with E-state index in [4.69, 9.17) is 10.8 Å². The van der Waals surface area contributed by atoms with Crippen molar-refractivity contribution in [3.05, 3.63) is 71.3 Å². The van der Waals surface area contributed by atoms with Crippen LogP contribution in [0.3, 0.4) is 0 Å². The lowest BCUT2D eigenvalue weighted by molar-refractivity contribution is -0.137. The molecule has 0 amide bonds. The van der Waals surface area contributed by atoms with E-state index < -0.39 is 12.0 Å². The van der Waals surface area contributed by atoms with Crippen LogP contribution < -0.4 is 5.73 Å². The summed E-state index contributed by atoms with van der Waals surface area (Å²) in [7, 11) is 0. The number of hydrogen-bond donors (Lipinski definition) is 2. The van der Waals surface area contributed by atoms with Crippen LogP contribution in [-0.2, 0) is 11.2 Å². The zero-order chi connectivity index (χ0) is 15.9. The molecule has 0 saturated carbocycles. The summed E-state index contributed by atoms with van der Waals surface area (Å²) in [6, 6.07) is 17.8. The standard InChI is InChI=1S/C18H21NO2S/c1-2-13-8-10-15(11-9-13)17(14-6-4-3-5-7-14)22-12-16(19)18(20)21/h3-11,16-17H,2,12,19H2,1H3,(H,20,21). The number of carboxylic acids is 1. The Bertz CT molecular complexity index is 598. The Kier molecular flexibility index (Phi) is 6.04. The van der Waals surface area contributed by atoms with Gasteiger partial charge in [0.25, 0.3) is 0 Å². The van der Waals surface area contributed by atoms with E-state index in [1.54, 1.807) is 11.8 Å². The molecule has 0 aliphatic rings. The van der Waals surface area contributed by atoms with Crippen LogP contribution in [0.25, 0.3) is 0 Å². The van der Waals surface area contributed by atoms with Gasteiger partial charge >= 0.3 is 5.97 Å². The highest BCUT2D eigenvalue weighted by Gasteiger charge is 2.19. The van der Waals surface area contributed by atoms with E-state index in [1.165, 1.54) is 11.1 Å². The molecule has 2 rings (SSSR count). The fraction of sp³-hybridized carbons (Fsp3) is 0.278. The molecule has 0 radical (unpaired) electrons. The third kappa shape index (κ3) is 4.36. The first-order chi connectivity index (χ1) is 10.6. The quantitative estimate of drug-likeness (QED) is 0.821. The molecule has 22 heavy (non-hydrogen) atoms. The Hall–Kier alpha value is -1.78. The lowest BCUT2D eigenvalue weighted by atomic mass is 10.0. The number of nitrogens with two attached hydrogens (primary N) is 1. The lowest BCUT2D eigenvalue weighted by Gasteiger charge is -2.19. The minimum Gasteiger partial charge on any atom is -0.480 e. The maximum absolute atomic E-state index is 10.9. The van der Waals surface area contributed by atoms with Crippen molar-refractivity contribution in [2.75, 3.05) is 5.75 Å². The van der Waals surface area contributed by atoms with E-state index in [2.05, 4.69) is 43.3 Å². The van der Waals surface area contributed by atoms with E-state index in [-0.39, 0.29) is 5.25 Å². The number of benzene rings is 2. The predicted octanol–water partition coefficient (Wildman–Crippen LogP) is 3.48. The minimum absolute atomic E-state index is 0.0949. The molecule has 0 aliphatic carbocycles. The number of aliphatic carboxylic acids is 1. The normalized spacial score (nSPS) is 13.5. The van der Waals surface area contributed by atoms with Gasteiger partial charge in [-0.2, -0.15) is 0 Å². The van der Waals surface area contributed by atoms with Gasteiger partial charge in [0.1, 0.15) is 6.04 Å². The summed E-state index contributed by atoms with van der Waals surface area (Å²) in [5, 5.41) is 9.06. The Labute approximate surface area is 135 Å². The zero-order valence-corrected chi connectivity index (χ0v) is 13.4. The molecule has 3 nitrogen and oxygen atoms in total. The summed E-state index contributed by atoms with van der Waals surface area (Å²) < 4.78 is 0. The molecule has 0 aliphatic heterocycles. The van der Waals surface area contributed by atoms with Crippen LogP contribution >= 0.6 is 11.8 Å². The van der Waals surface area contributed by atoms with Gasteiger partial charge in [-0.05, 0) is 23.1 Å². The van der Waals surface area contributed by atoms with Gasteiger partial charge in [0, 0.05) is 5.75 Å². The summed E-state index contributed by atoms with van der Waals surface area (Å²) in [6.45, 7) is 2.13. The number of hydrogen-bond acceptors (Lipinski definition) is 3. The van der Waals surface area contributed by atoms with Crippen LogP contribution in [0, 0.1) is 0 Å². The van der Waals surface area contributed by atoms with Gasteiger partial charge in [0.15, 0.2) is 0 Å². The van der Waals surface area contributed by atoms with Crippen LogP contribution in [0.2, 0.25) is 0 Å². The fourth-order valence-corrected chi connectivity index (χ4v) is 3.45. The van der Waals surface area contributed by atoms with Crippen molar-refractivity contribution in [2.24, 2.45) is 5.73 Å². The molecule has 0 heterocycles. The van der Waals surface area contributed by atoms with Crippen molar-refractivity contribution >= 4 is 17.7 Å². The predicted molar refractivity (Wildman–Crippen MR) is 92.2 cm³/mol. The number of rotatable bonds is 7. The molecule has 0 saturated heterocycles. The van der Waals surface area contributed by atoms with E-state index in [9.17, 15) is 4.79 Å². The van der Waals surface area contributed by atoms with E-state index >= 15 is 0 Å². The highest BCUT2D eigenvalue weighted by molar-refractivity contribution is 7.99. The SMILES string of the molecule is CCc1ccc(C(SCC(N)C(=O)O)c2ccccc2)cc1. The number of aryl methyl sites for hydroxylation is 1. The van der Waals surface area contributed by atoms with Crippen LogP contribution in [0.1, 0.15) is 28.9 Å². The average Bonchev–Trinajstić information content (AvgIpc) is 2.56. The number of thioether (sulfide) groups is 1. The molecule has 2 unspecified atom stereocenters. The molecular weight excluding hydrogens is 294 g/mol. The molecule has 116 valence electrons. The molecule has 0 fully saturated rings. The van der Waals surface area contributed by atoms with Crippen LogP contribution in [0.15, 0.2) is 54.6 Å². The maximum atomic E-state index is 10.9. The molecular formula is C18H21NO2S. The molecule has 2 aromatic rings. The second-order valence-corrected chi connectivity index (χ2v) is 6.30. The Balaban J connectivity index is 2.22. The first-order valence-electron chi connectivity index (χ1n) is 7.35. The second kappa shape index (κ2) is 8.01. The fourth-order valence-electron chi connectivity index (χ4n) is 2.21. The average molecular weight is 315 g/mol. The molecule has 2 aromatic carbocycles. The van der Waals surface area contributed by atoms with Crippen molar-refractivity contribution < 1.29 is 9.90 Å². The zero-order valence-electron chi connectivity index (χ0n) is 12.6. The molecule has 4 heteroatoms. The molecule has 3 N–H and O–H groups in total. The van der Waals surface area contributed by atoms with Crippen molar-refractivity contribution in [1.82, 2.24) is 0 Å². The highest BCUT2D eigenvalue weighted by Crippen LogP contribution is 2.35. The Morgan fingerprint density at radius 2 is 1.68 bits per heavy atom. The lowest BCUT2D eigenvalue weighted by Crippen LogP contribution is -2.32. The summed E-state index contributed by atoms with van der Waals surface area (Å²) in [5.41, 5.74) is 9.27. The Morgan fingerprint density at radius 1 is 1.09 bits per heavy atom. The summed E-state index contributed by atoms with van der Waals surface area (Å²) in [5.74, 6) is -0.578. The molecule has 2 atom stereocenters. The van der Waals surface area contributed by atoms with Crippen LogP contribution in [0.5, 0.6) is 0 Å². The largest absolute Gasteiger partial charge is 0.480 e. The summed E-state index contributed by atoms with van der Waals surface area (Å²) in [6.07, 6.45) is 1.01. The molecule has 0 spiro atoms. The topological polar surface area (TPSA) is 63.3 Å². The minimum atomic E-state index is -0.958. The summed E-state index contributed by atoms with van der Waals surface area (Å²) in [4.78, 5) is 10.9. The second-order valence-electron chi connectivity index (χ2n) is 5.16. The van der Waals surface area contributed by atoms with Gasteiger partial charge in [-0.3, -0.25) is 4.79 Å². The Morgan fingerprint density at radius 3 is 2.23 bits per heavy atom. The highest BCUT2D eigenvalue weighted by atomic mass is 32.2. The first kappa shape index (κ1) is 16.6. The van der Waals surface area contributed by atoms with Gasteiger partial charge in [-0.25, -0.2) is 0 Å². The molecule has 0 aromatic heterocycles. The first-order valence-corrected chi connectivity index (χ1v) is 8.40. The third-order valence-corrected chi connectivity index (χ3v) is 4.98. The van der Waals surface area contributed by atoms with Gasteiger partial charge in [-0.15, -0.1) is 11.8 Å². The van der Waals surface area contributed by atoms with Crippen molar-refractivity contribution in [3.63, 3.8) is 0 Å². The van der Waals surface area contributed by atoms with Gasteiger partial charge in [0.05, 0.1) is 5.25 Å². The van der Waals surface area contributed by atoms with E-state index in [0.29, 0.717) is 5.75 Å². The maximum Gasteiger partial charge on any atom is 0.321 e. The van der Waals surface area contributed by atoms with E-state index in [0.717, 1.165) is 12.0 Å². The van der Waals surface area contributed by atoms with E-state index in [1.807, 2.05) is 18.2 Å². The monoisotopic (exact) mass is 315 g/mol. The third-order valence-electron chi connectivity index (χ3n) is 3.55. The van der Waals surface area contributed by atoms with Crippen molar-refractivity contribution in [3.8, 4) is 0 Å². The number of carbonyl (C=O) groups is 1. The van der Waals surface area contributed by atoms with Crippen LogP contribution in [0.4, 0.5) is 0 Å². The number of carboxylic acid groups (broad SMARTS) is 1. The molecule has 0 bridgehead atoms. The van der Waals surface area contributed by atoms with Crippen molar-refractivity contribution in [1.29, 1.82) is 0 Å². The van der Waals surface area contributed by atoms with Gasteiger partial charge < -0.3 is 10.8 Å². The smallest absolute Gasteiger partial charge is 0.321 e.